The maximum absolute atomic E-state index is 11.6. The van der Waals surface area contributed by atoms with Crippen molar-refractivity contribution in [2.24, 2.45) is 0 Å². The van der Waals surface area contributed by atoms with Gasteiger partial charge in [0.2, 0.25) is 0 Å². The molecule has 0 radical (unpaired) electrons. The normalized spacial score (nSPS) is 15.5. The number of carbonyl (C=O) groups excluding carboxylic acids is 1. The summed E-state index contributed by atoms with van der Waals surface area (Å²) in [5, 5.41) is 0. The van der Waals surface area contributed by atoms with Crippen LogP contribution in [0.4, 0.5) is 0 Å². The smallest absolute Gasteiger partial charge is 0.338 e. The van der Waals surface area contributed by atoms with Gasteiger partial charge in [0.1, 0.15) is 0 Å². The largest absolute Gasteiger partial charge is 0.465 e. The van der Waals surface area contributed by atoms with E-state index in [0.717, 1.165) is 17.9 Å². The molecule has 0 heterocycles. The van der Waals surface area contributed by atoms with E-state index < -0.39 is 0 Å². The lowest BCUT2D eigenvalue weighted by molar-refractivity contribution is 0.0599. The van der Waals surface area contributed by atoms with Crippen molar-refractivity contribution in [2.75, 3.05) is 7.11 Å². The van der Waals surface area contributed by atoms with Crippen LogP contribution in [0.5, 0.6) is 0 Å². The van der Waals surface area contributed by atoms with Crippen molar-refractivity contribution in [2.45, 2.75) is 45.4 Å². The van der Waals surface area contributed by atoms with Crippen LogP contribution in [0.2, 0.25) is 0 Å². The predicted octanol–water partition coefficient (Wildman–Crippen LogP) is 3.61. The van der Waals surface area contributed by atoms with E-state index in [2.05, 4.69) is 13.0 Å². The van der Waals surface area contributed by atoms with Gasteiger partial charge in [-0.2, -0.15) is 0 Å². The third kappa shape index (κ3) is 2.21. The zero-order valence-corrected chi connectivity index (χ0v) is 10.9. The molecule has 0 bridgehead atoms. The topological polar surface area (TPSA) is 26.3 Å². The molecule has 2 nitrogen and oxygen atoms in total. The zero-order valence-electron chi connectivity index (χ0n) is 10.9. The van der Waals surface area contributed by atoms with Gasteiger partial charge < -0.3 is 4.74 Å². The molecular formula is C15H20O2. The number of benzene rings is 1. The molecule has 0 atom stereocenters. The maximum atomic E-state index is 11.6. The number of rotatable bonds is 3. The van der Waals surface area contributed by atoms with Gasteiger partial charge in [-0.1, -0.05) is 19.4 Å². The zero-order chi connectivity index (χ0) is 12.4. The molecule has 1 aromatic carbocycles. The number of ether oxygens (including phenoxy) is 1. The van der Waals surface area contributed by atoms with Crippen molar-refractivity contribution >= 4 is 5.97 Å². The van der Waals surface area contributed by atoms with E-state index in [9.17, 15) is 4.79 Å². The van der Waals surface area contributed by atoms with Crippen molar-refractivity contribution in [1.82, 2.24) is 0 Å². The van der Waals surface area contributed by atoms with Crippen LogP contribution < -0.4 is 0 Å². The second kappa shape index (κ2) is 4.91. The summed E-state index contributed by atoms with van der Waals surface area (Å²) in [4.78, 5) is 11.6. The Morgan fingerprint density at radius 2 is 2.12 bits per heavy atom. The summed E-state index contributed by atoms with van der Waals surface area (Å²) in [6.07, 6.45) is 4.91. The van der Waals surface area contributed by atoms with Crippen LogP contribution >= 0.6 is 0 Å². The fourth-order valence-corrected chi connectivity index (χ4v) is 2.51. The summed E-state index contributed by atoms with van der Waals surface area (Å²) >= 11 is 0. The van der Waals surface area contributed by atoms with E-state index in [1.165, 1.54) is 37.5 Å². The average Bonchev–Trinajstić information content (AvgIpc) is 2.26. The number of hydrogen-bond donors (Lipinski definition) is 0. The number of esters is 1. The third-order valence-corrected chi connectivity index (χ3v) is 3.82. The van der Waals surface area contributed by atoms with Gasteiger partial charge in [-0.05, 0) is 54.9 Å². The van der Waals surface area contributed by atoms with Gasteiger partial charge in [-0.3, -0.25) is 0 Å². The van der Waals surface area contributed by atoms with E-state index in [1.807, 2.05) is 13.0 Å². The summed E-state index contributed by atoms with van der Waals surface area (Å²) in [6.45, 7) is 4.14. The average molecular weight is 232 g/mol. The van der Waals surface area contributed by atoms with Crippen LogP contribution in [0.25, 0.3) is 0 Å². The van der Waals surface area contributed by atoms with Gasteiger partial charge in [0, 0.05) is 0 Å². The molecule has 17 heavy (non-hydrogen) atoms. The summed E-state index contributed by atoms with van der Waals surface area (Å²) in [5.41, 5.74) is 4.51. The van der Waals surface area contributed by atoms with E-state index in [4.69, 9.17) is 4.74 Å². The lowest BCUT2D eigenvalue weighted by Gasteiger charge is -2.28. The Morgan fingerprint density at radius 3 is 2.59 bits per heavy atom. The Morgan fingerprint density at radius 1 is 1.41 bits per heavy atom. The van der Waals surface area contributed by atoms with Crippen LogP contribution in [-0.4, -0.2) is 13.1 Å². The fraction of sp³-hybridized carbons (Fsp3) is 0.533. The minimum absolute atomic E-state index is 0.225. The van der Waals surface area contributed by atoms with E-state index in [1.54, 1.807) is 0 Å². The molecule has 1 aliphatic rings. The Kier molecular flexibility index (Phi) is 3.51. The van der Waals surface area contributed by atoms with Gasteiger partial charge >= 0.3 is 5.97 Å². The molecule has 1 fully saturated rings. The number of methoxy groups -OCH3 is 1. The van der Waals surface area contributed by atoms with Crippen molar-refractivity contribution < 1.29 is 9.53 Å². The van der Waals surface area contributed by atoms with Crippen LogP contribution in [0, 0.1) is 6.92 Å². The van der Waals surface area contributed by atoms with Gasteiger partial charge in [-0.15, -0.1) is 0 Å². The first kappa shape index (κ1) is 12.2. The lowest BCUT2D eigenvalue weighted by Crippen LogP contribution is -2.13. The molecule has 0 aromatic heterocycles. The summed E-state index contributed by atoms with van der Waals surface area (Å²) < 4.78 is 4.82. The SMILES string of the molecule is CCc1cc(C(=O)OC)c(C)cc1C1CCC1. The first-order valence-corrected chi connectivity index (χ1v) is 6.39. The molecule has 0 saturated heterocycles. The Balaban J connectivity index is 2.42. The van der Waals surface area contributed by atoms with Gasteiger partial charge in [0.15, 0.2) is 0 Å². The highest BCUT2D eigenvalue weighted by Gasteiger charge is 2.23. The maximum Gasteiger partial charge on any atom is 0.338 e. The molecule has 0 amide bonds. The molecule has 2 heteroatoms. The number of aryl methyl sites for hydroxylation is 2. The van der Waals surface area contributed by atoms with E-state index >= 15 is 0 Å². The van der Waals surface area contributed by atoms with Crippen molar-refractivity contribution in [3.05, 3.63) is 34.4 Å². The second-order valence-corrected chi connectivity index (χ2v) is 4.84. The Bertz CT molecular complexity index is 431. The third-order valence-electron chi connectivity index (χ3n) is 3.82. The predicted molar refractivity (Wildman–Crippen MR) is 68.5 cm³/mol. The highest BCUT2D eigenvalue weighted by molar-refractivity contribution is 5.91. The minimum atomic E-state index is -0.225. The molecule has 0 aliphatic heterocycles. The van der Waals surface area contributed by atoms with Crippen LogP contribution in [-0.2, 0) is 11.2 Å². The highest BCUT2D eigenvalue weighted by Crippen LogP contribution is 2.39. The summed E-state index contributed by atoms with van der Waals surface area (Å²) in [5.74, 6) is 0.493. The fourth-order valence-electron chi connectivity index (χ4n) is 2.51. The van der Waals surface area contributed by atoms with E-state index in [-0.39, 0.29) is 5.97 Å². The monoisotopic (exact) mass is 232 g/mol. The molecule has 0 unspecified atom stereocenters. The van der Waals surface area contributed by atoms with Gasteiger partial charge in [0.25, 0.3) is 0 Å². The van der Waals surface area contributed by atoms with Gasteiger partial charge in [0.05, 0.1) is 12.7 Å². The summed E-state index contributed by atoms with van der Waals surface area (Å²) in [6, 6.07) is 4.21. The first-order chi connectivity index (χ1) is 8.17. The van der Waals surface area contributed by atoms with E-state index in [0.29, 0.717) is 5.56 Å². The van der Waals surface area contributed by atoms with Gasteiger partial charge in [-0.25, -0.2) is 4.79 Å². The van der Waals surface area contributed by atoms with Crippen LogP contribution in [0.1, 0.15) is 59.2 Å². The standard InChI is InChI=1S/C15H20O2/c1-4-11-9-13(15(16)17-3)10(2)8-14(11)12-6-5-7-12/h8-9,12H,4-7H2,1-3H3. The number of carbonyl (C=O) groups is 1. The van der Waals surface area contributed by atoms with Crippen molar-refractivity contribution in [3.63, 3.8) is 0 Å². The molecule has 92 valence electrons. The molecule has 1 aliphatic carbocycles. The molecular weight excluding hydrogens is 212 g/mol. The van der Waals surface area contributed by atoms with Crippen molar-refractivity contribution in [3.8, 4) is 0 Å². The quantitative estimate of drug-likeness (QED) is 0.744. The second-order valence-electron chi connectivity index (χ2n) is 4.84. The summed E-state index contributed by atoms with van der Waals surface area (Å²) in [7, 11) is 1.44. The number of hydrogen-bond acceptors (Lipinski definition) is 2. The Labute approximate surface area is 103 Å². The lowest BCUT2D eigenvalue weighted by atomic mass is 9.77. The van der Waals surface area contributed by atoms with Crippen LogP contribution in [0.3, 0.4) is 0 Å². The molecule has 0 spiro atoms. The van der Waals surface area contributed by atoms with Crippen LogP contribution in [0.15, 0.2) is 12.1 Å². The van der Waals surface area contributed by atoms with Crippen molar-refractivity contribution in [1.29, 1.82) is 0 Å². The Hall–Kier alpha value is -1.31. The molecule has 1 saturated carbocycles. The molecule has 1 aromatic rings. The first-order valence-electron chi connectivity index (χ1n) is 6.39. The molecule has 2 rings (SSSR count). The highest BCUT2D eigenvalue weighted by atomic mass is 16.5. The minimum Gasteiger partial charge on any atom is -0.465 e. The molecule has 0 N–H and O–H groups in total.